The molecule has 2 aliphatic rings. The van der Waals surface area contributed by atoms with Crippen LogP contribution in [0.1, 0.15) is 5.56 Å². The van der Waals surface area contributed by atoms with Gasteiger partial charge in [-0.2, -0.15) is 13.2 Å². The number of nitrogens with zero attached hydrogens (tertiary/aromatic N) is 3. The van der Waals surface area contributed by atoms with E-state index in [4.69, 9.17) is 16.3 Å². The van der Waals surface area contributed by atoms with Crippen LogP contribution in [0, 0.1) is 10.1 Å². The van der Waals surface area contributed by atoms with Crippen LogP contribution in [0.25, 0.3) is 0 Å². The third kappa shape index (κ3) is 3.03. The summed E-state index contributed by atoms with van der Waals surface area (Å²) in [6, 6.07) is 1.57. The minimum absolute atomic E-state index is 0.0411. The lowest BCUT2D eigenvalue weighted by atomic mass is 10.1. The molecule has 2 saturated heterocycles. The lowest BCUT2D eigenvalue weighted by Gasteiger charge is -2.33. The molecule has 2 fully saturated rings. The van der Waals surface area contributed by atoms with E-state index in [0.717, 1.165) is 12.6 Å². The molecule has 1 aromatic rings. The molecule has 0 bridgehead atoms. The SMILES string of the molecule is CN1CCOC2CN(c3cc(Cl)c(C(F)(F)F)cc3[N+](=O)[O-])CC21. The first-order valence-corrected chi connectivity index (χ1v) is 7.68. The summed E-state index contributed by atoms with van der Waals surface area (Å²) in [4.78, 5) is 14.2. The van der Waals surface area contributed by atoms with Crippen molar-refractivity contribution in [2.75, 3.05) is 38.2 Å². The van der Waals surface area contributed by atoms with Crippen molar-refractivity contribution < 1.29 is 22.8 Å². The Hall–Kier alpha value is -1.58. The van der Waals surface area contributed by atoms with Crippen molar-refractivity contribution in [3.8, 4) is 0 Å². The fourth-order valence-corrected chi connectivity index (χ4v) is 3.49. The number of anilines is 1. The normalized spacial score (nSPS) is 25.0. The minimum Gasteiger partial charge on any atom is -0.373 e. The van der Waals surface area contributed by atoms with Gasteiger partial charge in [0, 0.05) is 25.7 Å². The summed E-state index contributed by atoms with van der Waals surface area (Å²) in [6.45, 7) is 2.10. The zero-order valence-corrected chi connectivity index (χ0v) is 13.5. The van der Waals surface area contributed by atoms with Crippen molar-refractivity contribution in [1.29, 1.82) is 0 Å². The molecule has 2 aliphatic heterocycles. The van der Waals surface area contributed by atoms with Gasteiger partial charge in [-0.15, -0.1) is 0 Å². The number of fused-ring (bicyclic) bond motifs is 1. The summed E-state index contributed by atoms with van der Waals surface area (Å²) in [6.07, 6.45) is -4.88. The number of nitro groups is 1. The molecule has 2 atom stereocenters. The van der Waals surface area contributed by atoms with Gasteiger partial charge in [0.15, 0.2) is 0 Å². The van der Waals surface area contributed by atoms with E-state index in [-0.39, 0.29) is 17.8 Å². The molecular formula is C14H15ClF3N3O3. The molecule has 3 rings (SSSR count). The number of alkyl halides is 3. The largest absolute Gasteiger partial charge is 0.418 e. The quantitative estimate of drug-likeness (QED) is 0.596. The van der Waals surface area contributed by atoms with E-state index in [0.29, 0.717) is 25.8 Å². The highest BCUT2D eigenvalue weighted by Gasteiger charge is 2.42. The first-order chi connectivity index (χ1) is 11.2. The van der Waals surface area contributed by atoms with Gasteiger partial charge < -0.3 is 9.64 Å². The Kier molecular flexibility index (Phi) is 4.35. The second-order valence-electron chi connectivity index (χ2n) is 5.94. The Morgan fingerprint density at radius 1 is 1.38 bits per heavy atom. The van der Waals surface area contributed by atoms with Crippen LogP contribution in [0.15, 0.2) is 12.1 Å². The van der Waals surface area contributed by atoms with E-state index in [1.807, 2.05) is 7.05 Å². The van der Waals surface area contributed by atoms with E-state index in [1.54, 1.807) is 4.90 Å². The smallest absolute Gasteiger partial charge is 0.373 e. The Bertz CT molecular complexity index is 671. The highest BCUT2D eigenvalue weighted by atomic mass is 35.5. The summed E-state index contributed by atoms with van der Waals surface area (Å²) in [7, 11) is 1.93. The van der Waals surface area contributed by atoms with Crippen molar-refractivity contribution in [1.82, 2.24) is 4.90 Å². The molecule has 2 heterocycles. The van der Waals surface area contributed by atoms with Crippen molar-refractivity contribution >= 4 is 23.0 Å². The number of rotatable bonds is 2. The van der Waals surface area contributed by atoms with Crippen LogP contribution in [-0.2, 0) is 10.9 Å². The summed E-state index contributed by atoms with van der Waals surface area (Å²) in [5.41, 5.74) is -1.72. The van der Waals surface area contributed by atoms with Gasteiger partial charge in [0.1, 0.15) is 5.69 Å². The fourth-order valence-electron chi connectivity index (χ4n) is 3.22. The van der Waals surface area contributed by atoms with E-state index in [1.165, 1.54) is 0 Å². The molecule has 10 heteroatoms. The molecule has 0 radical (unpaired) electrons. The predicted molar refractivity (Wildman–Crippen MR) is 81.5 cm³/mol. The monoisotopic (exact) mass is 365 g/mol. The molecule has 0 saturated carbocycles. The zero-order chi connectivity index (χ0) is 17.6. The number of halogens is 4. The minimum atomic E-state index is -4.75. The van der Waals surface area contributed by atoms with Crippen molar-refractivity contribution in [2.24, 2.45) is 0 Å². The van der Waals surface area contributed by atoms with Crippen molar-refractivity contribution in [3.05, 3.63) is 32.8 Å². The fraction of sp³-hybridized carbons (Fsp3) is 0.571. The third-order valence-electron chi connectivity index (χ3n) is 4.49. The first kappa shape index (κ1) is 17.2. The van der Waals surface area contributed by atoms with Crippen LogP contribution in [0.5, 0.6) is 0 Å². The summed E-state index contributed by atoms with van der Waals surface area (Å²) < 4.78 is 44.5. The molecular weight excluding hydrogens is 351 g/mol. The van der Waals surface area contributed by atoms with Gasteiger partial charge in [0.25, 0.3) is 5.69 Å². The molecule has 0 aromatic heterocycles. The predicted octanol–water partition coefficient (Wildman–Crippen LogP) is 2.79. The molecule has 0 N–H and O–H groups in total. The Balaban J connectivity index is 1.99. The van der Waals surface area contributed by atoms with E-state index in [2.05, 4.69) is 4.90 Å². The van der Waals surface area contributed by atoms with Crippen LogP contribution in [0.4, 0.5) is 24.5 Å². The summed E-state index contributed by atoms with van der Waals surface area (Å²) in [5, 5.41) is 10.7. The highest BCUT2D eigenvalue weighted by Crippen LogP contribution is 2.42. The second kappa shape index (κ2) is 6.05. The van der Waals surface area contributed by atoms with Crippen LogP contribution in [0.2, 0.25) is 5.02 Å². The lowest BCUT2D eigenvalue weighted by Crippen LogP contribution is -2.48. The van der Waals surface area contributed by atoms with Gasteiger partial charge in [0.2, 0.25) is 0 Å². The van der Waals surface area contributed by atoms with Gasteiger partial charge in [-0.3, -0.25) is 15.0 Å². The third-order valence-corrected chi connectivity index (χ3v) is 4.80. The molecule has 2 unspecified atom stereocenters. The van der Waals surface area contributed by atoms with Gasteiger partial charge in [-0.1, -0.05) is 11.6 Å². The first-order valence-electron chi connectivity index (χ1n) is 7.30. The van der Waals surface area contributed by atoms with Crippen LogP contribution in [-0.4, -0.2) is 55.3 Å². The van der Waals surface area contributed by atoms with Gasteiger partial charge in [0.05, 0.1) is 34.3 Å². The Morgan fingerprint density at radius 3 is 2.67 bits per heavy atom. The molecule has 0 spiro atoms. The molecule has 0 aliphatic carbocycles. The number of hydrogen-bond acceptors (Lipinski definition) is 5. The lowest BCUT2D eigenvalue weighted by molar-refractivity contribution is -0.384. The summed E-state index contributed by atoms with van der Waals surface area (Å²) in [5.74, 6) is 0. The maximum atomic E-state index is 12.9. The number of benzene rings is 1. The van der Waals surface area contributed by atoms with Crippen molar-refractivity contribution in [2.45, 2.75) is 18.3 Å². The van der Waals surface area contributed by atoms with Gasteiger partial charge >= 0.3 is 6.18 Å². The van der Waals surface area contributed by atoms with E-state index >= 15 is 0 Å². The Labute approximate surface area is 140 Å². The number of nitro benzene ring substituents is 1. The van der Waals surface area contributed by atoms with Crippen molar-refractivity contribution in [3.63, 3.8) is 0 Å². The molecule has 132 valence electrons. The topological polar surface area (TPSA) is 58.8 Å². The maximum absolute atomic E-state index is 12.9. The molecule has 24 heavy (non-hydrogen) atoms. The van der Waals surface area contributed by atoms with Gasteiger partial charge in [-0.25, -0.2) is 0 Å². The molecule has 1 aromatic carbocycles. The highest BCUT2D eigenvalue weighted by molar-refractivity contribution is 6.31. The van der Waals surface area contributed by atoms with Crippen LogP contribution in [0.3, 0.4) is 0 Å². The second-order valence-corrected chi connectivity index (χ2v) is 6.35. The number of hydrogen-bond donors (Lipinski definition) is 0. The average Bonchev–Trinajstić information content (AvgIpc) is 2.90. The molecule has 0 amide bonds. The number of morpholine rings is 1. The number of ether oxygens (including phenoxy) is 1. The van der Waals surface area contributed by atoms with Crippen LogP contribution >= 0.6 is 11.6 Å². The maximum Gasteiger partial charge on any atom is 0.418 e. The van der Waals surface area contributed by atoms with Crippen LogP contribution < -0.4 is 4.90 Å². The standard InChI is InChI=1S/C14H15ClF3N3O3/c1-19-2-3-24-13-7-20(6-12(13)19)10-5-9(15)8(14(16,17)18)4-11(10)21(22)23/h4-5,12-13H,2-3,6-7H2,1H3. The molecule has 6 nitrogen and oxygen atoms in total. The van der Waals surface area contributed by atoms with E-state index < -0.39 is 27.4 Å². The average molecular weight is 366 g/mol. The zero-order valence-electron chi connectivity index (χ0n) is 12.7. The Morgan fingerprint density at radius 2 is 2.08 bits per heavy atom. The van der Waals surface area contributed by atoms with Gasteiger partial charge in [-0.05, 0) is 13.1 Å². The summed E-state index contributed by atoms with van der Waals surface area (Å²) >= 11 is 5.74. The number of likely N-dealkylation sites (N-methyl/N-ethyl adjacent to an activating group) is 1. The van der Waals surface area contributed by atoms with E-state index in [9.17, 15) is 23.3 Å².